The van der Waals surface area contributed by atoms with Crippen LogP contribution in [0.2, 0.25) is 0 Å². The van der Waals surface area contributed by atoms with Crippen molar-refractivity contribution in [1.29, 1.82) is 0 Å². The molecular weight excluding hydrogens is 412 g/mol. The lowest BCUT2D eigenvalue weighted by molar-refractivity contribution is -0.115. The van der Waals surface area contributed by atoms with E-state index >= 15 is 0 Å². The van der Waals surface area contributed by atoms with Gasteiger partial charge in [0.1, 0.15) is 0 Å². The zero-order valence-electron chi connectivity index (χ0n) is 16.1. The monoisotopic (exact) mass is 432 g/mol. The Morgan fingerprint density at radius 1 is 1.14 bits per heavy atom. The third-order valence-electron chi connectivity index (χ3n) is 4.07. The Labute approximate surface area is 172 Å². The lowest BCUT2D eigenvalue weighted by Crippen LogP contribution is -2.33. The number of anilines is 1. The fourth-order valence-electron chi connectivity index (χ4n) is 2.52. The first kappa shape index (κ1) is 20.9. The van der Waals surface area contributed by atoms with Crippen molar-refractivity contribution in [2.75, 3.05) is 26.0 Å². The van der Waals surface area contributed by atoms with Gasteiger partial charge in [-0.2, -0.15) is 0 Å². The van der Waals surface area contributed by atoms with E-state index in [1.165, 1.54) is 49.7 Å². The molecule has 0 saturated carbocycles. The van der Waals surface area contributed by atoms with E-state index in [9.17, 15) is 18.0 Å². The molecular formula is C19H20N4O4S2. The Balaban J connectivity index is 1.63. The smallest absolute Gasteiger partial charge is 0.251 e. The van der Waals surface area contributed by atoms with Crippen molar-refractivity contribution in [1.82, 2.24) is 14.6 Å². The average Bonchev–Trinajstić information content (AvgIpc) is 3.07. The van der Waals surface area contributed by atoms with Crippen LogP contribution >= 0.6 is 11.3 Å². The van der Waals surface area contributed by atoms with Crippen LogP contribution in [-0.2, 0) is 14.8 Å². The van der Waals surface area contributed by atoms with Crippen LogP contribution in [0.5, 0.6) is 0 Å². The molecule has 0 radical (unpaired) electrons. The molecule has 0 saturated heterocycles. The molecule has 3 aromatic rings. The van der Waals surface area contributed by atoms with Crippen LogP contribution in [0, 0.1) is 6.92 Å². The molecule has 0 bridgehead atoms. The molecule has 2 aromatic carbocycles. The van der Waals surface area contributed by atoms with Gasteiger partial charge in [0.2, 0.25) is 15.9 Å². The Morgan fingerprint density at radius 2 is 1.90 bits per heavy atom. The summed E-state index contributed by atoms with van der Waals surface area (Å²) >= 11 is 1.35. The molecule has 0 unspecified atom stereocenters. The third-order valence-corrected chi connectivity index (χ3v) is 6.82. The number of fused-ring (bicyclic) bond motifs is 1. The number of hydrogen-bond acceptors (Lipinski definition) is 6. The van der Waals surface area contributed by atoms with E-state index in [4.69, 9.17) is 0 Å². The summed E-state index contributed by atoms with van der Waals surface area (Å²) in [4.78, 5) is 28.8. The maximum absolute atomic E-state index is 12.3. The van der Waals surface area contributed by atoms with Crippen molar-refractivity contribution in [3.8, 4) is 0 Å². The highest BCUT2D eigenvalue weighted by Crippen LogP contribution is 2.26. The number of amides is 2. The quantitative estimate of drug-likeness (QED) is 0.621. The summed E-state index contributed by atoms with van der Waals surface area (Å²) in [5.74, 6) is -0.970. The van der Waals surface area contributed by atoms with E-state index in [1.54, 1.807) is 0 Å². The Bertz CT molecular complexity index is 1190. The number of aromatic nitrogens is 1. The number of carbonyl (C=O) groups excluding carboxylic acids is 2. The summed E-state index contributed by atoms with van der Waals surface area (Å²) in [6.45, 7) is 1.71. The second kappa shape index (κ2) is 8.27. The molecule has 1 heterocycles. The van der Waals surface area contributed by atoms with Crippen LogP contribution < -0.4 is 10.6 Å². The molecule has 2 N–H and O–H groups in total. The van der Waals surface area contributed by atoms with Gasteiger partial charge in [-0.25, -0.2) is 17.7 Å². The molecule has 0 atom stereocenters. The molecule has 3 rings (SSSR count). The number of hydrogen-bond donors (Lipinski definition) is 2. The van der Waals surface area contributed by atoms with Crippen molar-refractivity contribution >= 4 is 48.5 Å². The molecule has 0 aliphatic heterocycles. The van der Waals surface area contributed by atoms with Gasteiger partial charge in [0.25, 0.3) is 5.91 Å². The van der Waals surface area contributed by atoms with Gasteiger partial charge in [-0.1, -0.05) is 23.5 Å². The van der Waals surface area contributed by atoms with Gasteiger partial charge in [-0.15, -0.1) is 0 Å². The first-order valence-corrected chi connectivity index (χ1v) is 10.9. The lowest BCUT2D eigenvalue weighted by Gasteiger charge is -2.12. The maximum atomic E-state index is 12.3. The van der Waals surface area contributed by atoms with Gasteiger partial charge >= 0.3 is 0 Å². The number of rotatable bonds is 6. The molecule has 10 heteroatoms. The van der Waals surface area contributed by atoms with Gasteiger partial charge in [-0.05, 0) is 42.8 Å². The zero-order chi connectivity index (χ0) is 21.2. The normalized spacial score (nSPS) is 11.6. The number of nitrogens with zero attached hydrogens (tertiary/aromatic N) is 2. The highest BCUT2D eigenvalue weighted by Gasteiger charge is 2.19. The van der Waals surface area contributed by atoms with E-state index in [1.807, 2.05) is 25.1 Å². The summed E-state index contributed by atoms with van der Waals surface area (Å²) in [6, 6.07) is 11.5. The second-order valence-electron chi connectivity index (χ2n) is 6.54. The molecule has 2 amide bonds. The summed E-state index contributed by atoms with van der Waals surface area (Å²) in [7, 11) is -0.829. The number of nitrogens with one attached hydrogen (secondary N) is 2. The molecule has 0 spiro atoms. The fraction of sp³-hybridized carbons (Fsp3) is 0.211. The summed E-state index contributed by atoms with van der Waals surface area (Å²) < 4.78 is 26.4. The van der Waals surface area contributed by atoms with Crippen molar-refractivity contribution in [3.05, 3.63) is 53.6 Å². The molecule has 0 aliphatic rings. The molecule has 1 aromatic heterocycles. The van der Waals surface area contributed by atoms with Gasteiger partial charge in [0.05, 0.1) is 21.7 Å². The SMILES string of the molecule is Cc1ccc2nc(NC(=O)CNC(=O)c3cccc(S(=O)(=O)N(C)C)c3)sc2c1. The second-order valence-corrected chi connectivity index (χ2v) is 9.72. The maximum Gasteiger partial charge on any atom is 0.251 e. The summed E-state index contributed by atoms with van der Waals surface area (Å²) in [6.07, 6.45) is 0. The van der Waals surface area contributed by atoms with E-state index in [0.717, 1.165) is 20.1 Å². The molecule has 0 aliphatic carbocycles. The van der Waals surface area contributed by atoms with Gasteiger partial charge in [-0.3, -0.25) is 9.59 Å². The summed E-state index contributed by atoms with van der Waals surface area (Å²) in [5, 5.41) is 5.59. The number of carbonyl (C=O) groups is 2. The van der Waals surface area contributed by atoms with Crippen LogP contribution in [0.15, 0.2) is 47.4 Å². The van der Waals surface area contributed by atoms with Gasteiger partial charge in [0.15, 0.2) is 5.13 Å². The standard InChI is InChI=1S/C19H20N4O4S2/c1-12-7-8-15-16(9-12)28-19(21-15)22-17(24)11-20-18(25)13-5-4-6-14(10-13)29(26,27)23(2)3/h4-10H,11H2,1-3H3,(H,20,25)(H,21,22,24). The highest BCUT2D eigenvalue weighted by atomic mass is 32.2. The fourth-order valence-corrected chi connectivity index (χ4v) is 4.45. The minimum atomic E-state index is -3.65. The Kier molecular flexibility index (Phi) is 5.96. The van der Waals surface area contributed by atoms with Gasteiger partial charge < -0.3 is 10.6 Å². The average molecular weight is 433 g/mol. The Morgan fingerprint density at radius 3 is 2.62 bits per heavy atom. The predicted octanol–water partition coefficient (Wildman–Crippen LogP) is 2.22. The van der Waals surface area contributed by atoms with Crippen molar-refractivity contribution in [2.24, 2.45) is 0 Å². The zero-order valence-corrected chi connectivity index (χ0v) is 17.7. The van der Waals surface area contributed by atoms with Crippen LogP contribution in [0.3, 0.4) is 0 Å². The van der Waals surface area contributed by atoms with E-state index in [2.05, 4.69) is 15.6 Å². The van der Waals surface area contributed by atoms with Gasteiger partial charge in [0, 0.05) is 19.7 Å². The molecule has 152 valence electrons. The van der Waals surface area contributed by atoms with Crippen molar-refractivity contribution in [3.63, 3.8) is 0 Å². The number of benzene rings is 2. The van der Waals surface area contributed by atoms with Crippen LogP contribution in [0.1, 0.15) is 15.9 Å². The first-order chi connectivity index (χ1) is 13.7. The molecule has 0 fully saturated rings. The van der Waals surface area contributed by atoms with Crippen LogP contribution in [0.25, 0.3) is 10.2 Å². The number of thiazole rings is 1. The van der Waals surface area contributed by atoms with Crippen molar-refractivity contribution in [2.45, 2.75) is 11.8 Å². The minimum Gasteiger partial charge on any atom is -0.343 e. The van der Waals surface area contributed by atoms with E-state index < -0.39 is 21.8 Å². The predicted molar refractivity (Wildman–Crippen MR) is 113 cm³/mol. The minimum absolute atomic E-state index is 0.00405. The van der Waals surface area contributed by atoms with E-state index in [-0.39, 0.29) is 17.0 Å². The largest absolute Gasteiger partial charge is 0.343 e. The molecule has 8 nitrogen and oxygen atoms in total. The van der Waals surface area contributed by atoms with Crippen LogP contribution in [-0.4, -0.2) is 50.2 Å². The lowest BCUT2D eigenvalue weighted by atomic mass is 10.2. The first-order valence-electron chi connectivity index (χ1n) is 8.64. The highest BCUT2D eigenvalue weighted by molar-refractivity contribution is 7.89. The topological polar surface area (TPSA) is 108 Å². The summed E-state index contributed by atoms with van der Waals surface area (Å²) in [5.41, 5.74) is 2.04. The number of sulfonamides is 1. The third kappa shape index (κ3) is 4.78. The molecule has 29 heavy (non-hydrogen) atoms. The van der Waals surface area contributed by atoms with E-state index in [0.29, 0.717) is 5.13 Å². The Hall–Kier alpha value is -2.82. The van der Waals surface area contributed by atoms with Crippen molar-refractivity contribution < 1.29 is 18.0 Å². The van der Waals surface area contributed by atoms with Crippen LogP contribution in [0.4, 0.5) is 5.13 Å². The number of aryl methyl sites for hydroxylation is 1.